The number of hydrogen-bond acceptors (Lipinski definition) is 5. The first-order valence-corrected chi connectivity index (χ1v) is 10.8. The molecule has 0 radical (unpaired) electrons. The smallest absolute Gasteiger partial charge is 0.305 e. The van der Waals surface area contributed by atoms with E-state index in [1.54, 1.807) is 10.9 Å². The van der Waals surface area contributed by atoms with Crippen molar-refractivity contribution in [3.63, 3.8) is 0 Å². The van der Waals surface area contributed by atoms with Gasteiger partial charge in [0.05, 0.1) is 31.3 Å². The van der Waals surface area contributed by atoms with Crippen molar-refractivity contribution in [3.8, 4) is 11.5 Å². The minimum absolute atomic E-state index is 0.0126. The number of rotatable bonds is 9. The van der Waals surface area contributed by atoms with Crippen molar-refractivity contribution in [2.24, 2.45) is 5.92 Å². The second-order valence-corrected chi connectivity index (χ2v) is 7.97. The maximum absolute atomic E-state index is 12.4. The summed E-state index contributed by atoms with van der Waals surface area (Å²) in [5, 5.41) is 14.0. The van der Waals surface area contributed by atoms with Crippen LogP contribution in [0.15, 0.2) is 54.7 Å². The van der Waals surface area contributed by atoms with Crippen molar-refractivity contribution in [2.45, 2.75) is 25.8 Å². The number of carboxylic acids is 1. The number of aromatic nitrogens is 2. The summed E-state index contributed by atoms with van der Waals surface area (Å²) >= 11 is 0. The normalized spacial score (nSPS) is 14.4. The number of aliphatic carboxylic acids is 1. The highest BCUT2D eigenvalue weighted by Crippen LogP contribution is 2.24. The Morgan fingerprint density at radius 1 is 1.03 bits per heavy atom. The molecule has 1 N–H and O–H groups in total. The van der Waals surface area contributed by atoms with Gasteiger partial charge in [-0.2, -0.15) is 5.10 Å². The molecule has 8 heteroatoms. The molecule has 0 aliphatic carbocycles. The number of nitrogens with zero attached hydrogens (tertiary/aromatic N) is 3. The van der Waals surface area contributed by atoms with Crippen LogP contribution in [0.5, 0.6) is 11.5 Å². The Labute approximate surface area is 186 Å². The van der Waals surface area contributed by atoms with E-state index in [0.29, 0.717) is 37.9 Å². The van der Waals surface area contributed by atoms with E-state index in [9.17, 15) is 9.59 Å². The summed E-state index contributed by atoms with van der Waals surface area (Å²) in [6, 6.07) is 15.1. The molecule has 32 heavy (non-hydrogen) atoms. The number of para-hydroxylation sites is 1. The molecule has 3 aromatic rings. The Morgan fingerprint density at radius 3 is 2.56 bits per heavy atom. The number of aryl methyl sites for hydroxylation is 1. The first-order valence-electron chi connectivity index (χ1n) is 10.8. The molecule has 0 atom stereocenters. The molecule has 1 aliphatic heterocycles. The summed E-state index contributed by atoms with van der Waals surface area (Å²) in [5.41, 5.74) is 0.892. The molecule has 8 nitrogen and oxygen atoms in total. The monoisotopic (exact) mass is 437 g/mol. The predicted molar refractivity (Wildman–Crippen MR) is 119 cm³/mol. The molecule has 1 amide bonds. The van der Waals surface area contributed by atoms with Crippen LogP contribution < -0.4 is 9.47 Å². The number of fused-ring (bicyclic) bond motifs is 1. The van der Waals surface area contributed by atoms with Crippen molar-refractivity contribution in [2.75, 3.05) is 26.3 Å². The predicted octanol–water partition coefficient (Wildman–Crippen LogP) is 3.21. The summed E-state index contributed by atoms with van der Waals surface area (Å²) in [6.45, 7) is 2.42. The van der Waals surface area contributed by atoms with E-state index in [1.165, 1.54) is 0 Å². The second kappa shape index (κ2) is 10.2. The lowest BCUT2D eigenvalue weighted by Gasteiger charge is -2.31. The van der Waals surface area contributed by atoms with E-state index >= 15 is 0 Å². The zero-order valence-corrected chi connectivity index (χ0v) is 17.9. The van der Waals surface area contributed by atoms with Gasteiger partial charge in [-0.25, -0.2) is 0 Å². The van der Waals surface area contributed by atoms with Crippen LogP contribution in [0.2, 0.25) is 0 Å². The number of carbonyl (C=O) groups is 2. The van der Waals surface area contributed by atoms with Crippen LogP contribution in [-0.4, -0.2) is 58.0 Å². The van der Waals surface area contributed by atoms with E-state index in [-0.39, 0.29) is 18.9 Å². The number of piperidine rings is 1. The Kier molecular flexibility index (Phi) is 6.89. The Bertz CT molecular complexity index is 1060. The summed E-state index contributed by atoms with van der Waals surface area (Å²) in [7, 11) is 0. The molecule has 0 spiro atoms. The van der Waals surface area contributed by atoms with Crippen LogP contribution in [-0.2, 0) is 16.1 Å². The topological polar surface area (TPSA) is 93.9 Å². The van der Waals surface area contributed by atoms with Gasteiger partial charge in [-0.05, 0) is 49.1 Å². The summed E-state index contributed by atoms with van der Waals surface area (Å²) in [6.07, 6.45) is 3.55. The Morgan fingerprint density at radius 2 is 1.81 bits per heavy atom. The van der Waals surface area contributed by atoms with Crippen molar-refractivity contribution in [3.05, 3.63) is 54.7 Å². The number of hydrogen-bond donors (Lipinski definition) is 1. The van der Waals surface area contributed by atoms with E-state index < -0.39 is 5.97 Å². The van der Waals surface area contributed by atoms with Crippen molar-refractivity contribution in [1.82, 2.24) is 14.7 Å². The average Bonchev–Trinajstić information content (AvgIpc) is 3.23. The third-order valence-electron chi connectivity index (χ3n) is 5.71. The standard InChI is InChI=1S/C24H27N3O5/c28-23(17-32-20-4-2-1-3-5-20)26-11-8-18(9-12-26)16-31-21-6-7-22-19(14-21)15-25-27(22)13-10-24(29)30/h1-7,14-15,18H,8-13,16-17H2,(H,29,30). The molecule has 2 heterocycles. The molecule has 168 valence electrons. The highest BCUT2D eigenvalue weighted by atomic mass is 16.5. The third kappa shape index (κ3) is 5.57. The van der Waals surface area contributed by atoms with Crippen molar-refractivity contribution in [1.29, 1.82) is 0 Å². The van der Waals surface area contributed by atoms with Gasteiger partial charge in [0.1, 0.15) is 11.5 Å². The molecule has 0 bridgehead atoms. The molecule has 0 unspecified atom stereocenters. The van der Waals surface area contributed by atoms with Gasteiger partial charge in [0.25, 0.3) is 5.91 Å². The number of likely N-dealkylation sites (tertiary alicyclic amines) is 1. The SMILES string of the molecule is O=C(O)CCn1ncc2cc(OCC3CCN(C(=O)COc4ccccc4)CC3)ccc21. The van der Waals surface area contributed by atoms with Crippen LogP contribution in [0.3, 0.4) is 0 Å². The maximum atomic E-state index is 12.4. The first-order chi connectivity index (χ1) is 15.6. The van der Waals surface area contributed by atoms with Crippen molar-refractivity contribution >= 4 is 22.8 Å². The zero-order valence-electron chi connectivity index (χ0n) is 17.9. The quantitative estimate of drug-likeness (QED) is 0.553. The van der Waals surface area contributed by atoms with Gasteiger partial charge >= 0.3 is 5.97 Å². The largest absolute Gasteiger partial charge is 0.493 e. The Balaban J connectivity index is 1.22. The number of ether oxygens (including phenoxy) is 2. The molecule has 1 saturated heterocycles. The van der Waals surface area contributed by atoms with Gasteiger partial charge in [-0.1, -0.05) is 18.2 Å². The first kappa shape index (κ1) is 21.7. The van der Waals surface area contributed by atoms with Crippen LogP contribution in [0.25, 0.3) is 10.9 Å². The van der Waals surface area contributed by atoms with Gasteiger partial charge in [0.15, 0.2) is 6.61 Å². The van der Waals surface area contributed by atoms with Gasteiger partial charge < -0.3 is 19.5 Å². The lowest BCUT2D eigenvalue weighted by atomic mass is 9.98. The van der Waals surface area contributed by atoms with Gasteiger partial charge in [-0.15, -0.1) is 0 Å². The molecule has 4 rings (SSSR count). The van der Waals surface area contributed by atoms with Gasteiger partial charge in [-0.3, -0.25) is 14.3 Å². The number of amides is 1. The van der Waals surface area contributed by atoms with Crippen LogP contribution in [0.4, 0.5) is 0 Å². The lowest BCUT2D eigenvalue weighted by Crippen LogP contribution is -2.41. The summed E-state index contributed by atoms with van der Waals surface area (Å²) in [4.78, 5) is 25.0. The fourth-order valence-electron chi connectivity index (χ4n) is 3.85. The number of carbonyl (C=O) groups excluding carboxylic acids is 1. The van der Waals surface area contributed by atoms with E-state index in [2.05, 4.69) is 5.10 Å². The van der Waals surface area contributed by atoms with E-state index in [4.69, 9.17) is 14.6 Å². The second-order valence-electron chi connectivity index (χ2n) is 7.97. The van der Waals surface area contributed by atoms with Crippen LogP contribution >= 0.6 is 0 Å². The lowest BCUT2D eigenvalue weighted by molar-refractivity contribution is -0.137. The zero-order chi connectivity index (χ0) is 22.3. The number of carboxylic acid groups (broad SMARTS) is 1. The molecular weight excluding hydrogens is 410 g/mol. The van der Waals surface area contributed by atoms with Crippen LogP contribution in [0, 0.1) is 5.92 Å². The highest BCUT2D eigenvalue weighted by molar-refractivity contribution is 5.80. The van der Waals surface area contributed by atoms with E-state index in [1.807, 2.05) is 53.4 Å². The fraction of sp³-hybridized carbons (Fsp3) is 0.375. The third-order valence-corrected chi connectivity index (χ3v) is 5.71. The summed E-state index contributed by atoms with van der Waals surface area (Å²) < 4.78 is 13.3. The molecule has 0 saturated carbocycles. The number of benzene rings is 2. The minimum atomic E-state index is -0.843. The molecule has 1 fully saturated rings. The van der Waals surface area contributed by atoms with Gasteiger partial charge in [0, 0.05) is 18.5 Å². The molecular formula is C24H27N3O5. The van der Waals surface area contributed by atoms with Crippen molar-refractivity contribution < 1.29 is 24.2 Å². The molecule has 1 aromatic heterocycles. The fourth-order valence-corrected chi connectivity index (χ4v) is 3.85. The van der Waals surface area contributed by atoms with Crippen LogP contribution in [0.1, 0.15) is 19.3 Å². The Hall–Kier alpha value is -3.55. The highest BCUT2D eigenvalue weighted by Gasteiger charge is 2.23. The summed E-state index contributed by atoms with van der Waals surface area (Å²) in [5.74, 6) is 1.03. The average molecular weight is 437 g/mol. The molecule has 2 aromatic carbocycles. The van der Waals surface area contributed by atoms with Gasteiger partial charge in [0.2, 0.25) is 0 Å². The molecule has 1 aliphatic rings. The minimum Gasteiger partial charge on any atom is -0.493 e. The maximum Gasteiger partial charge on any atom is 0.305 e. The van der Waals surface area contributed by atoms with E-state index in [0.717, 1.165) is 29.5 Å².